The quantitative estimate of drug-likeness (QED) is 0.865. The van der Waals surface area contributed by atoms with Gasteiger partial charge in [-0.3, -0.25) is 9.59 Å². The predicted octanol–water partition coefficient (Wildman–Crippen LogP) is 3.87. The molecule has 23 heavy (non-hydrogen) atoms. The lowest BCUT2D eigenvalue weighted by Crippen LogP contribution is -2.32. The van der Waals surface area contributed by atoms with Gasteiger partial charge in [-0.05, 0) is 35.6 Å². The van der Waals surface area contributed by atoms with E-state index >= 15 is 0 Å². The van der Waals surface area contributed by atoms with E-state index in [0.717, 1.165) is 0 Å². The van der Waals surface area contributed by atoms with Gasteiger partial charge >= 0.3 is 0 Å². The standard InChI is InChI=1S/C17H26N2O2.C2H6/c1-12(2)10-18-15(20)13-6-8-14(9-7-13)16(21)19-11-17(3,4)5;1-2/h6-9,12H,10-11H2,1-5H3,(H,18,20)(H,19,21);1-2H3. The summed E-state index contributed by atoms with van der Waals surface area (Å²) in [6.07, 6.45) is 0. The molecule has 2 amide bonds. The zero-order valence-electron chi connectivity index (χ0n) is 15.6. The second kappa shape index (κ2) is 10.0. The summed E-state index contributed by atoms with van der Waals surface area (Å²) in [5.74, 6) is 0.195. The van der Waals surface area contributed by atoms with E-state index in [-0.39, 0.29) is 17.2 Å². The van der Waals surface area contributed by atoms with Crippen LogP contribution < -0.4 is 10.6 Å². The van der Waals surface area contributed by atoms with E-state index in [9.17, 15) is 9.59 Å². The van der Waals surface area contributed by atoms with Crippen LogP contribution in [0.25, 0.3) is 0 Å². The highest BCUT2D eigenvalue weighted by molar-refractivity contribution is 5.97. The number of hydrogen-bond acceptors (Lipinski definition) is 2. The molecule has 0 saturated heterocycles. The lowest BCUT2D eigenvalue weighted by atomic mass is 9.97. The van der Waals surface area contributed by atoms with E-state index in [1.807, 2.05) is 27.7 Å². The fraction of sp³-hybridized carbons (Fsp3) is 0.579. The van der Waals surface area contributed by atoms with Gasteiger partial charge in [0.15, 0.2) is 0 Å². The summed E-state index contributed by atoms with van der Waals surface area (Å²) in [5.41, 5.74) is 1.19. The van der Waals surface area contributed by atoms with Crippen molar-refractivity contribution in [1.82, 2.24) is 10.6 Å². The fourth-order valence-corrected chi connectivity index (χ4v) is 1.62. The van der Waals surface area contributed by atoms with Gasteiger partial charge in [-0.1, -0.05) is 48.5 Å². The molecule has 4 nitrogen and oxygen atoms in total. The van der Waals surface area contributed by atoms with Gasteiger partial charge in [0, 0.05) is 24.2 Å². The molecule has 0 aliphatic carbocycles. The number of amides is 2. The highest BCUT2D eigenvalue weighted by Gasteiger charge is 2.13. The molecule has 0 aromatic heterocycles. The Morgan fingerprint density at radius 1 is 0.913 bits per heavy atom. The van der Waals surface area contributed by atoms with Crippen molar-refractivity contribution in [2.75, 3.05) is 13.1 Å². The van der Waals surface area contributed by atoms with E-state index in [2.05, 4.69) is 31.4 Å². The molecular weight excluding hydrogens is 288 g/mol. The van der Waals surface area contributed by atoms with Gasteiger partial charge in [-0.15, -0.1) is 0 Å². The van der Waals surface area contributed by atoms with Crippen molar-refractivity contribution in [3.63, 3.8) is 0 Å². The smallest absolute Gasteiger partial charge is 0.251 e. The highest BCUT2D eigenvalue weighted by Crippen LogP contribution is 2.11. The predicted molar refractivity (Wildman–Crippen MR) is 96.7 cm³/mol. The molecule has 0 saturated carbocycles. The minimum atomic E-state index is -0.112. The molecule has 0 unspecified atom stereocenters. The summed E-state index contributed by atoms with van der Waals surface area (Å²) in [7, 11) is 0. The minimum absolute atomic E-state index is 0.0479. The number of hydrogen-bond donors (Lipinski definition) is 2. The number of carbonyl (C=O) groups excluding carboxylic acids is 2. The molecule has 0 atom stereocenters. The Bertz CT molecular complexity index is 485. The molecule has 0 radical (unpaired) electrons. The third kappa shape index (κ3) is 9.01. The molecule has 0 aliphatic heterocycles. The van der Waals surface area contributed by atoms with Gasteiger partial charge < -0.3 is 10.6 Å². The largest absolute Gasteiger partial charge is 0.352 e. The second-order valence-electron chi connectivity index (χ2n) is 6.92. The van der Waals surface area contributed by atoms with E-state index in [1.54, 1.807) is 24.3 Å². The van der Waals surface area contributed by atoms with Crippen LogP contribution in [0.2, 0.25) is 0 Å². The van der Waals surface area contributed by atoms with Crippen LogP contribution in [0, 0.1) is 11.3 Å². The monoisotopic (exact) mass is 320 g/mol. The molecule has 0 fully saturated rings. The molecular formula is C19H32N2O2. The Kier molecular flexibility index (Phi) is 9.23. The zero-order chi connectivity index (χ0) is 18.0. The minimum Gasteiger partial charge on any atom is -0.352 e. The lowest BCUT2D eigenvalue weighted by molar-refractivity contribution is 0.0931. The van der Waals surface area contributed by atoms with Gasteiger partial charge in [0.25, 0.3) is 11.8 Å². The lowest BCUT2D eigenvalue weighted by Gasteiger charge is -2.18. The normalized spacial score (nSPS) is 10.6. The van der Waals surface area contributed by atoms with Crippen molar-refractivity contribution < 1.29 is 9.59 Å². The molecule has 0 aliphatic rings. The Labute approximate surface area is 141 Å². The van der Waals surface area contributed by atoms with Gasteiger partial charge in [-0.2, -0.15) is 0 Å². The number of nitrogens with one attached hydrogen (secondary N) is 2. The first-order chi connectivity index (χ1) is 10.7. The van der Waals surface area contributed by atoms with Crippen molar-refractivity contribution in [2.45, 2.75) is 48.5 Å². The topological polar surface area (TPSA) is 58.2 Å². The molecule has 130 valence electrons. The first-order valence-electron chi connectivity index (χ1n) is 8.35. The van der Waals surface area contributed by atoms with Crippen LogP contribution in [0.5, 0.6) is 0 Å². The Morgan fingerprint density at radius 3 is 1.65 bits per heavy atom. The summed E-state index contributed by atoms with van der Waals surface area (Å²) in [6.45, 7) is 15.5. The molecule has 2 N–H and O–H groups in total. The molecule has 1 aromatic carbocycles. The average Bonchev–Trinajstić information content (AvgIpc) is 2.51. The fourth-order valence-electron chi connectivity index (χ4n) is 1.62. The van der Waals surface area contributed by atoms with Crippen molar-refractivity contribution in [3.8, 4) is 0 Å². The number of rotatable bonds is 5. The van der Waals surface area contributed by atoms with Crippen molar-refractivity contribution in [1.29, 1.82) is 0 Å². The van der Waals surface area contributed by atoms with Gasteiger partial charge in [0.05, 0.1) is 0 Å². The van der Waals surface area contributed by atoms with Crippen molar-refractivity contribution in [3.05, 3.63) is 35.4 Å². The summed E-state index contributed by atoms with van der Waals surface area (Å²) in [5, 5.41) is 5.74. The summed E-state index contributed by atoms with van der Waals surface area (Å²) in [6, 6.07) is 6.73. The van der Waals surface area contributed by atoms with E-state index in [0.29, 0.717) is 30.1 Å². The van der Waals surface area contributed by atoms with Crippen LogP contribution in [0.15, 0.2) is 24.3 Å². The Morgan fingerprint density at radius 2 is 1.30 bits per heavy atom. The molecule has 0 heterocycles. The third-order valence-corrected chi connectivity index (χ3v) is 2.86. The first-order valence-corrected chi connectivity index (χ1v) is 8.35. The molecule has 0 bridgehead atoms. The Hall–Kier alpha value is -1.84. The van der Waals surface area contributed by atoms with Crippen LogP contribution in [0.4, 0.5) is 0 Å². The maximum absolute atomic E-state index is 12.0. The maximum atomic E-state index is 12.0. The average molecular weight is 320 g/mol. The number of carbonyl (C=O) groups is 2. The summed E-state index contributed by atoms with van der Waals surface area (Å²) < 4.78 is 0. The maximum Gasteiger partial charge on any atom is 0.251 e. The Balaban J connectivity index is 0.00000232. The van der Waals surface area contributed by atoms with Crippen molar-refractivity contribution >= 4 is 11.8 Å². The first kappa shape index (κ1) is 21.2. The van der Waals surface area contributed by atoms with Gasteiger partial charge in [-0.25, -0.2) is 0 Å². The SMILES string of the molecule is CC.CC(C)CNC(=O)c1ccc(C(=O)NCC(C)(C)C)cc1. The van der Waals surface area contributed by atoms with Crippen LogP contribution in [0.1, 0.15) is 69.2 Å². The molecule has 4 heteroatoms. The zero-order valence-corrected chi connectivity index (χ0v) is 15.6. The van der Waals surface area contributed by atoms with E-state index < -0.39 is 0 Å². The molecule has 1 aromatic rings. The second-order valence-corrected chi connectivity index (χ2v) is 6.92. The van der Waals surface area contributed by atoms with Crippen LogP contribution in [-0.4, -0.2) is 24.9 Å². The van der Waals surface area contributed by atoms with Gasteiger partial charge in [0.2, 0.25) is 0 Å². The summed E-state index contributed by atoms with van der Waals surface area (Å²) >= 11 is 0. The van der Waals surface area contributed by atoms with Crippen LogP contribution >= 0.6 is 0 Å². The van der Waals surface area contributed by atoms with Gasteiger partial charge in [0.1, 0.15) is 0 Å². The molecule has 1 rings (SSSR count). The van der Waals surface area contributed by atoms with Crippen LogP contribution in [-0.2, 0) is 0 Å². The van der Waals surface area contributed by atoms with Crippen LogP contribution in [0.3, 0.4) is 0 Å². The van der Waals surface area contributed by atoms with E-state index in [1.165, 1.54) is 0 Å². The summed E-state index contributed by atoms with van der Waals surface area (Å²) in [4.78, 5) is 23.9. The third-order valence-electron chi connectivity index (χ3n) is 2.86. The van der Waals surface area contributed by atoms with Crippen molar-refractivity contribution in [2.24, 2.45) is 11.3 Å². The molecule has 0 spiro atoms. The van der Waals surface area contributed by atoms with E-state index in [4.69, 9.17) is 0 Å². The highest BCUT2D eigenvalue weighted by atomic mass is 16.2. The number of benzene rings is 1.